The fourth-order valence-electron chi connectivity index (χ4n) is 1.62. The minimum Gasteiger partial charge on any atom is -0.376 e. The van der Waals surface area contributed by atoms with Crippen molar-refractivity contribution in [2.75, 3.05) is 5.32 Å². The summed E-state index contributed by atoms with van der Waals surface area (Å²) in [6, 6.07) is 2.24. The second-order valence-corrected chi connectivity index (χ2v) is 5.22. The molecule has 0 aromatic carbocycles. The normalized spacial score (nSPS) is 12.4. The summed E-state index contributed by atoms with van der Waals surface area (Å²) < 4.78 is 0. The number of aryl methyl sites for hydroxylation is 2. The molecule has 2 heterocycles. The van der Waals surface area contributed by atoms with Crippen molar-refractivity contribution in [2.24, 2.45) is 0 Å². The molecule has 0 bridgehead atoms. The third kappa shape index (κ3) is 2.82. The monoisotopic (exact) mass is 247 g/mol. The van der Waals surface area contributed by atoms with E-state index >= 15 is 0 Å². The Morgan fingerprint density at radius 1 is 1.41 bits per heavy atom. The van der Waals surface area contributed by atoms with Gasteiger partial charge < -0.3 is 5.32 Å². The molecule has 0 radical (unpaired) electrons. The summed E-state index contributed by atoms with van der Waals surface area (Å²) >= 11 is 1.78. The van der Waals surface area contributed by atoms with E-state index in [1.165, 1.54) is 4.88 Å². The molecule has 0 amide bonds. The molecule has 2 aromatic rings. The Balaban J connectivity index is 2.11. The highest BCUT2D eigenvalue weighted by molar-refractivity contribution is 7.11. The summed E-state index contributed by atoms with van der Waals surface area (Å²) in [5.74, 6) is 0. The van der Waals surface area contributed by atoms with Gasteiger partial charge in [0, 0.05) is 29.2 Å². The zero-order chi connectivity index (χ0) is 12.3. The van der Waals surface area contributed by atoms with Crippen molar-refractivity contribution >= 4 is 17.0 Å². The standard InChI is InChI=1S/C13H17N3S/c1-4-11-8-15-13(17-11)10(3)16-12-5-6-14-7-9(12)2/h5-8,10H,4H2,1-3H3,(H,14,16). The highest BCUT2D eigenvalue weighted by atomic mass is 32.1. The number of nitrogens with one attached hydrogen (secondary N) is 1. The SMILES string of the molecule is CCc1cnc(C(C)Nc2ccncc2C)s1. The maximum atomic E-state index is 4.45. The molecule has 1 N–H and O–H groups in total. The van der Waals surface area contributed by atoms with Gasteiger partial charge in [-0.05, 0) is 31.9 Å². The van der Waals surface area contributed by atoms with Crippen LogP contribution in [-0.4, -0.2) is 9.97 Å². The van der Waals surface area contributed by atoms with Crippen LogP contribution in [0, 0.1) is 6.92 Å². The largest absolute Gasteiger partial charge is 0.376 e. The Morgan fingerprint density at radius 3 is 2.88 bits per heavy atom. The van der Waals surface area contributed by atoms with Crippen molar-refractivity contribution in [3.63, 3.8) is 0 Å². The van der Waals surface area contributed by atoms with E-state index in [4.69, 9.17) is 0 Å². The second-order valence-electron chi connectivity index (χ2n) is 4.07. The van der Waals surface area contributed by atoms with Gasteiger partial charge in [0.2, 0.25) is 0 Å². The lowest BCUT2D eigenvalue weighted by atomic mass is 10.2. The van der Waals surface area contributed by atoms with Crippen LogP contribution in [0.5, 0.6) is 0 Å². The fraction of sp³-hybridized carbons (Fsp3) is 0.385. The molecule has 0 saturated heterocycles. The van der Waals surface area contributed by atoms with Gasteiger partial charge in [0.15, 0.2) is 0 Å². The Hall–Kier alpha value is -1.42. The molecule has 0 aliphatic carbocycles. The first-order valence-electron chi connectivity index (χ1n) is 5.82. The van der Waals surface area contributed by atoms with E-state index in [-0.39, 0.29) is 6.04 Å². The van der Waals surface area contributed by atoms with Crippen molar-refractivity contribution in [1.29, 1.82) is 0 Å². The first-order chi connectivity index (χ1) is 8.20. The van der Waals surface area contributed by atoms with Crippen molar-refractivity contribution in [1.82, 2.24) is 9.97 Å². The quantitative estimate of drug-likeness (QED) is 0.897. The first-order valence-corrected chi connectivity index (χ1v) is 6.64. The van der Waals surface area contributed by atoms with E-state index in [1.54, 1.807) is 17.5 Å². The zero-order valence-electron chi connectivity index (χ0n) is 10.4. The average Bonchev–Trinajstić information content (AvgIpc) is 2.81. The minimum absolute atomic E-state index is 0.237. The van der Waals surface area contributed by atoms with Crippen LogP contribution in [0.4, 0.5) is 5.69 Å². The van der Waals surface area contributed by atoms with Gasteiger partial charge in [-0.15, -0.1) is 11.3 Å². The highest BCUT2D eigenvalue weighted by Gasteiger charge is 2.10. The molecule has 0 spiro atoms. The van der Waals surface area contributed by atoms with Gasteiger partial charge in [0.05, 0.1) is 6.04 Å². The van der Waals surface area contributed by atoms with Gasteiger partial charge in [-0.1, -0.05) is 6.92 Å². The van der Waals surface area contributed by atoms with Gasteiger partial charge >= 0.3 is 0 Å². The number of hydrogen-bond acceptors (Lipinski definition) is 4. The van der Waals surface area contributed by atoms with E-state index in [2.05, 4.69) is 36.1 Å². The van der Waals surface area contributed by atoms with Gasteiger partial charge in [0.1, 0.15) is 5.01 Å². The third-order valence-electron chi connectivity index (χ3n) is 2.68. The Morgan fingerprint density at radius 2 is 2.24 bits per heavy atom. The molecule has 0 fully saturated rings. The van der Waals surface area contributed by atoms with Crippen LogP contribution in [0.25, 0.3) is 0 Å². The summed E-state index contributed by atoms with van der Waals surface area (Å²) in [7, 11) is 0. The Labute approximate surface area is 106 Å². The summed E-state index contributed by atoms with van der Waals surface area (Å²) in [5.41, 5.74) is 2.28. The lowest BCUT2D eigenvalue weighted by molar-refractivity contribution is 0.866. The molecule has 0 saturated carbocycles. The molecule has 0 aliphatic heterocycles. The van der Waals surface area contributed by atoms with Crippen LogP contribution < -0.4 is 5.32 Å². The van der Waals surface area contributed by atoms with Crippen LogP contribution >= 0.6 is 11.3 Å². The van der Waals surface area contributed by atoms with E-state index < -0.39 is 0 Å². The number of rotatable bonds is 4. The second kappa shape index (κ2) is 5.27. The molecule has 3 nitrogen and oxygen atoms in total. The Bertz CT molecular complexity index is 493. The van der Waals surface area contributed by atoms with Crippen molar-refractivity contribution in [3.8, 4) is 0 Å². The summed E-state index contributed by atoms with van der Waals surface area (Å²) in [6.45, 7) is 6.35. The van der Waals surface area contributed by atoms with E-state index in [9.17, 15) is 0 Å². The molecule has 90 valence electrons. The van der Waals surface area contributed by atoms with Gasteiger partial charge in [-0.3, -0.25) is 4.98 Å². The zero-order valence-corrected chi connectivity index (χ0v) is 11.2. The maximum Gasteiger partial charge on any atom is 0.115 e. The fourth-order valence-corrected chi connectivity index (χ4v) is 2.48. The molecule has 2 rings (SSSR count). The van der Waals surface area contributed by atoms with Gasteiger partial charge in [0.25, 0.3) is 0 Å². The van der Waals surface area contributed by atoms with E-state index in [0.717, 1.165) is 22.7 Å². The summed E-state index contributed by atoms with van der Waals surface area (Å²) in [6.07, 6.45) is 6.70. The third-order valence-corrected chi connectivity index (χ3v) is 4.01. The van der Waals surface area contributed by atoms with Crippen LogP contribution in [0.2, 0.25) is 0 Å². The van der Waals surface area contributed by atoms with Gasteiger partial charge in [-0.25, -0.2) is 4.98 Å². The molecule has 0 aliphatic rings. The molecular formula is C13H17N3S. The van der Waals surface area contributed by atoms with Crippen molar-refractivity contribution in [2.45, 2.75) is 33.2 Å². The maximum absolute atomic E-state index is 4.45. The Kier molecular flexibility index (Phi) is 3.74. The lowest BCUT2D eigenvalue weighted by Crippen LogP contribution is -2.07. The predicted octanol–water partition coefficient (Wildman–Crippen LogP) is 3.58. The number of hydrogen-bond donors (Lipinski definition) is 1. The molecule has 17 heavy (non-hydrogen) atoms. The first kappa shape index (κ1) is 12.0. The summed E-state index contributed by atoms with van der Waals surface area (Å²) in [4.78, 5) is 9.88. The number of anilines is 1. The highest BCUT2D eigenvalue weighted by Crippen LogP contribution is 2.24. The number of thiazole rings is 1. The van der Waals surface area contributed by atoms with E-state index in [0.29, 0.717) is 0 Å². The number of aromatic nitrogens is 2. The molecule has 1 unspecified atom stereocenters. The van der Waals surface area contributed by atoms with Crippen molar-refractivity contribution < 1.29 is 0 Å². The smallest absolute Gasteiger partial charge is 0.115 e. The van der Waals surface area contributed by atoms with Crippen LogP contribution in [0.15, 0.2) is 24.7 Å². The van der Waals surface area contributed by atoms with Crippen molar-refractivity contribution in [3.05, 3.63) is 40.1 Å². The number of nitrogens with zero attached hydrogens (tertiary/aromatic N) is 2. The predicted molar refractivity (Wildman–Crippen MR) is 72.5 cm³/mol. The van der Waals surface area contributed by atoms with Crippen LogP contribution in [-0.2, 0) is 6.42 Å². The summed E-state index contributed by atoms with van der Waals surface area (Å²) in [5, 5.41) is 4.61. The van der Waals surface area contributed by atoms with E-state index in [1.807, 2.05) is 18.5 Å². The topological polar surface area (TPSA) is 37.8 Å². The molecule has 4 heteroatoms. The van der Waals surface area contributed by atoms with Crippen LogP contribution in [0.3, 0.4) is 0 Å². The van der Waals surface area contributed by atoms with Crippen LogP contribution in [0.1, 0.15) is 35.3 Å². The molecule has 2 aromatic heterocycles. The lowest BCUT2D eigenvalue weighted by Gasteiger charge is -2.14. The molecular weight excluding hydrogens is 230 g/mol. The average molecular weight is 247 g/mol. The molecule has 1 atom stereocenters. The minimum atomic E-state index is 0.237. The number of pyridine rings is 1. The van der Waals surface area contributed by atoms with Gasteiger partial charge in [-0.2, -0.15) is 0 Å².